The van der Waals surface area contributed by atoms with E-state index in [-0.39, 0.29) is 42.3 Å². The fourth-order valence-corrected chi connectivity index (χ4v) is 6.44. The van der Waals surface area contributed by atoms with Crippen molar-refractivity contribution in [3.63, 3.8) is 0 Å². The fourth-order valence-electron chi connectivity index (χ4n) is 5.58. The average molecular weight is 545 g/mol. The minimum absolute atomic E-state index is 0.0144. The highest BCUT2D eigenvalue weighted by molar-refractivity contribution is 7.09. The van der Waals surface area contributed by atoms with Crippen LogP contribution in [0.2, 0.25) is 0 Å². The number of nitrogens with zero attached hydrogens (tertiary/aromatic N) is 1. The number of fused-ring (bicyclic) bond motifs is 1. The van der Waals surface area contributed by atoms with E-state index < -0.39 is 24.0 Å². The largest absolute Gasteiger partial charge is 0.493 e. The van der Waals surface area contributed by atoms with Crippen LogP contribution < -0.4 is 10.1 Å². The molecule has 1 aliphatic heterocycles. The maximum atomic E-state index is 12.8. The number of aromatic nitrogens is 1. The zero-order valence-corrected chi connectivity index (χ0v) is 23.8. The van der Waals surface area contributed by atoms with E-state index in [4.69, 9.17) is 14.2 Å². The maximum absolute atomic E-state index is 12.8. The van der Waals surface area contributed by atoms with Crippen molar-refractivity contribution in [1.29, 1.82) is 0 Å². The number of aryl methyl sites for hydroxylation is 2. The first-order chi connectivity index (χ1) is 18.2. The van der Waals surface area contributed by atoms with Gasteiger partial charge in [-0.1, -0.05) is 26.8 Å². The van der Waals surface area contributed by atoms with Gasteiger partial charge < -0.3 is 24.6 Å². The van der Waals surface area contributed by atoms with Gasteiger partial charge in [0.2, 0.25) is 0 Å². The van der Waals surface area contributed by atoms with Crippen LogP contribution in [0.1, 0.15) is 79.7 Å². The third kappa shape index (κ3) is 6.38. The van der Waals surface area contributed by atoms with Crippen molar-refractivity contribution >= 4 is 23.2 Å². The van der Waals surface area contributed by atoms with E-state index in [0.717, 1.165) is 30.0 Å². The van der Waals surface area contributed by atoms with E-state index in [0.29, 0.717) is 13.0 Å². The van der Waals surface area contributed by atoms with E-state index in [2.05, 4.69) is 36.3 Å². The molecule has 0 unspecified atom stereocenters. The lowest BCUT2D eigenvalue weighted by atomic mass is 9.87. The van der Waals surface area contributed by atoms with Crippen LogP contribution in [0, 0.1) is 24.7 Å². The predicted molar refractivity (Wildman–Crippen MR) is 145 cm³/mol. The Balaban J connectivity index is 1.34. The molecule has 1 aromatic carbocycles. The highest BCUT2D eigenvalue weighted by Crippen LogP contribution is 2.46. The average Bonchev–Trinajstić information content (AvgIpc) is 3.50. The Bertz CT molecular complexity index is 1120. The number of amides is 1. The smallest absolute Gasteiger partial charge is 0.328 e. The summed E-state index contributed by atoms with van der Waals surface area (Å²) < 4.78 is 17.6. The van der Waals surface area contributed by atoms with Gasteiger partial charge in [0, 0.05) is 17.7 Å². The first kappa shape index (κ1) is 28.5. The first-order valence-corrected chi connectivity index (χ1v) is 14.6. The number of esters is 1. The second-order valence-electron chi connectivity index (χ2n) is 10.6. The van der Waals surface area contributed by atoms with Crippen molar-refractivity contribution in [2.75, 3.05) is 13.2 Å². The van der Waals surface area contributed by atoms with Gasteiger partial charge in [0.15, 0.2) is 0 Å². The summed E-state index contributed by atoms with van der Waals surface area (Å²) in [5, 5.41) is 16.0. The molecule has 6 atom stereocenters. The van der Waals surface area contributed by atoms with Crippen molar-refractivity contribution in [3.05, 3.63) is 45.4 Å². The third-order valence-electron chi connectivity index (χ3n) is 7.76. The van der Waals surface area contributed by atoms with Gasteiger partial charge in [0.25, 0.3) is 5.91 Å². The third-order valence-corrected chi connectivity index (χ3v) is 8.69. The first-order valence-electron chi connectivity index (χ1n) is 13.7. The van der Waals surface area contributed by atoms with Crippen molar-refractivity contribution < 1.29 is 28.9 Å². The van der Waals surface area contributed by atoms with Gasteiger partial charge in [-0.05, 0) is 68.2 Å². The maximum Gasteiger partial charge on any atom is 0.328 e. The lowest BCUT2D eigenvalue weighted by Crippen LogP contribution is -2.45. The number of aliphatic hydroxyl groups is 1. The lowest BCUT2D eigenvalue weighted by Gasteiger charge is -2.33. The molecule has 2 heterocycles. The second kappa shape index (κ2) is 12.6. The van der Waals surface area contributed by atoms with Gasteiger partial charge >= 0.3 is 5.97 Å². The standard InChI is InChI=1S/C29H40N2O6S/c1-6-18-8-9-19(12-17(18)5)36-14-21-20-10-11-24(37-25(20)13-23(21)32)28-30-22(15-38-28)27(33)31-26(16(3)4)29(34)35-7-2/h8-9,12,15-16,20-21,23-26,32H,6-7,10-11,13-14H2,1-5H3,(H,31,33)/t20-,21-,23-,24-,25+,26+/m1/s1. The highest BCUT2D eigenvalue weighted by Gasteiger charge is 2.47. The number of ether oxygens (including phenoxy) is 3. The van der Waals surface area contributed by atoms with Crippen LogP contribution in [-0.2, 0) is 20.7 Å². The Morgan fingerprint density at radius 3 is 2.74 bits per heavy atom. The number of hydrogen-bond acceptors (Lipinski definition) is 8. The SMILES string of the molecule is CCOC(=O)[C@@H](NC(=O)c1csc([C@H]2CC[C@@H]3[C@@H](COc4ccc(CC)c(C)c4)[C@H](O)C[C@@H]3O2)n1)C(C)C. The Labute approximate surface area is 229 Å². The topological polar surface area (TPSA) is 107 Å². The van der Waals surface area contributed by atoms with Gasteiger partial charge in [0.1, 0.15) is 28.6 Å². The molecule has 1 amide bonds. The molecule has 2 fully saturated rings. The molecule has 8 nitrogen and oxygen atoms in total. The summed E-state index contributed by atoms with van der Waals surface area (Å²) in [5.74, 6) is 0.112. The number of thiazole rings is 1. The summed E-state index contributed by atoms with van der Waals surface area (Å²) >= 11 is 1.39. The minimum Gasteiger partial charge on any atom is -0.493 e. The lowest BCUT2D eigenvalue weighted by molar-refractivity contribution is -0.146. The van der Waals surface area contributed by atoms with Crippen LogP contribution in [0.3, 0.4) is 0 Å². The molecule has 2 N–H and O–H groups in total. The van der Waals surface area contributed by atoms with Crippen LogP contribution in [0.4, 0.5) is 0 Å². The Morgan fingerprint density at radius 1 is 1.26 bits per heavy atom. The number of nitrogens with one attached hydrogen (secondary N) is 1. The number of aliphatic hydroxyl groups excluding tert-OH is 1. The summed E-state index contributed by atoms with van der Waals surface area (Å²) in [6.45, 7) is 10.4. The van der Waals surface area contributed by atoms with Gasteiger partial charge in [-0.3, -0.25) is 4.79 Å². The van der Waals surface area contributed by atoms with E-state index in [1.54, 1.807) is 12.3 Å². The zero-order valence-electron chi connectivity index (χ0n) is 22.9. The molecule has 0 spiro atoms. The molecule has 4 rings (SSSR count). The van der Waals surface area contributed by atoms with Gasteiger partial charge in [-0.15, -0.1) is 11.3 Å². The Morgan fingerprint density at radius 2 is 2.05 bits per heavy atom. The van der Waals surface area contributed by atoms with Crippen LogP contribution in [0.25, 0.3) is 0 Å². The number of carbonyl (C=O) groups excluding carboxylic acids is 2. The molecule has 9 heteroatoms. The second-order valence-corrected chi connectivity index (χ2v) is 11.5. The van der Waals surface area contributed by atoms with Gasteiger partial charge in [-0.2, -0.15) is 0 Å². The normalized spacial score (nSPS) is 25.6. The number of rotatable bonds is 10. The molecule has 1 saturated carbocycles. The molecular formula is C29H40N2O6S. The van der Waals surface area contributed by atoms with Crippen LogP contribution >= 0.6 is 11.3 Å². The minimum atomic E-state index is -0.730. The van der Waals surface area contributed by atoms with Crippen LogP contribution in [-0.4, -0.2) is 53.4 Å². The molecule has 2 aromatic rings. The summed E-state index contributed by atoms with van der Waals surface area (Å²) in [6, 6.07) is 5.45. The molecule has 1 aliphatic carbocycles. The van der Waals surface area contributed by atoms with Crippen molar-refractivity contribution in [2.24, 2.45) is 17.8 Å². The number of carbonyl (C=O) groups is 2. The van der Waals surface area contributed by atoms with E-state index >= 15 is 0 Å². The number of hydrogen-bond donors (Lipinski definition) is 2. The molecule has 1 saturated heterocycles. The fraction of sp³-hybridized carbons (Fsp3) is 0.621. The summed E-state index contributed by atoms with van der Waals surface area (Å²) in [7, 11) is 0. The highest BCUT2D eigenvalue weighted by atomic mass is 32.1. The molecule has 208 valence electrons. The van der Waals surface area contributed by atoms with E-state index in [1.165, 1.54) is 22.5 Å². The van der Waals surface area contributed by atoms with Crippen molar-refractivity contribution in [2.45, 2.75) is 84.7 Å². The molecule has 0 radical (unpaired) electrons. The zero-order chi connectivity index (χ0) is 27.4. The Hall–Kier alpha value is -2.49. The monoisotopic (exact) mass is 544 g/mol. The van der Waals surface area contributed by atoms with Crippen molar-refractivity contribution in [3.8, 4) is 5.75 Å². The van der Waals surface area contributed by atoms with Gasteiger partial charge in [-0.25, -0.2) is 9.78 Å². The van der Waals surface area contributed by atoms with Gasteiger partial charge in [0.05, 0.1) is 25.4 Å². The molecular weight excluding hydrogens is 504 g/mol. The molecule has 38 heavy (non-hydrogen) atoms. The van der Waals surface area contributed by atoms with E-state index in [9.17, 15) is 14.7 Å². The van der Waals surface area contributed by atoms with Crippen molar-refractivity contribution in [1.82, 2.24) is 10.3 Å². The van der Waals surface area contributed by atoms with E-state index in [1.807, 2.05) is 19.9 Å². The quantitative estimate of drug-likeness (QED) is 0.420. The molecule has 2 aliphatic rings. The molecule has 0 bridgehead atoms. The summed E-state index contributed by atoms with van der Waals surface area (Å²) in [5.41, 5.74) is 2.80. The summed E-state index contributed by atoms with van der Waals surface area (Å²) in [4.78, 5) is 29.6. The van der Waals surface area contributed by atoms with Crippen LogP contribution in [0.15, 0.2) is 23.6 Å². The summed E-state index contributed by atoms with van der Waals surface area (Å²) in [6.07, 6.45) is 2.45. The number of benzene rings is 1. The predicted octanol–water partition coefficient (Wildman–Crippen LogP) is 4.63. The Kier molecular flexibility index (Phi) is 9.44. The van der Waals surface area contributed by atoms with Crippen LogP contribution in [0.5, 0.6) is 5.75 Å². The molecule has 1 aromatic heterocycles.